The summed E-state index contributed by atoms with van der Waals surface area (Å²) >= 11 is 1.37. The number of fused-ring (bicyclic) bond motifs is 1. The Morgan fingerprint density at radius 2 is 2.00 bits per heavy atom. The highest BCUT2D eigenvalue weighted by Gasteiger charge is 2.13. The molecule has 0 aliphatic carbocycles. The quantitative estimate of drug-likeness (QED) is 0.375. The molecule has 0 spiro atoms. The number of hydrogen-bond donors (Lipinski definition) is 1. The van der Waals surface area contributed by atoms with E-state index in [2.05, 4.69) is 23.8 Å². The fourth-order valence-electron chi connectivity index (χ4n) is 2.68. The number of para-hydroxylation sites is 1. The summed E-state index contributed by atoms with van der Waals surface area (Å²) in [6.07, 6.45) is 2.48. The molecule has 1 aromatic heterocycles. The molecule has 0 fully saturated rings. The third-order valence-corrected chi connectivity index (χ3v) is 5.03. The van der Waals surface area contributed by atoms with Crippen LogP contribution in [0.4, 0.5) is 4.39 Å². The topological polar surface area (TPSA) is 54.9 Å². The van der Waals surface area contributed by atoms with Crippen LogP contribution < -0.4 is 5.32 Å². The van der Waals surface area contributed by atoms with Crippen molar-refractivity contribution in [3.8, 4) is 11.4 Å². The average Bonchev–Trinajstić information content (AvgIpc) is 2.70. The molecule has 0 unspecified atom stereocenters. The lowest BCUT2D eigenvalue weighted by Gasteiger charge is -2.11. The number of thioether (sulfide) groups is 1. The molecule has 4 nitrogen and oxygen atoms in total. The number of benzene rings is 2. The second-order valence-corrected chi connectivity index (χ2v) is 6.87. The lowest BCUT2D eigenvalue weighted by atomic mass is 10.1. The van der Waals surface area contributed by atoms with E-state index < -0.39 is 0 Å². The number of amides is 1. The second-order valence-electron chi connectivity index (χ2n) is 5.91. The van der Waals surface area contributed by atoms with E-state index in [1.165, 1.54) is 23.9 Å². The molecule has 0 bridgehead atoms. The molecule has 2 aromatic carbocycles. The van der Waals surface area contributed by atoms with Gasteiger partial charge in [0.1, 0.15) is 10.8 Å². The van der Waals surface area contributed by atoms with E-state index in [4.69, 9.17) is 4.98 Å². The van der Waals surface area contributed by atoms with Crippen molar-refractivity contribution >= 4 is 28.6 Å². The van der Waals surface area contributed by atoms with E-state index >= 15 is 0 Å². The Bertz CT molecular complexity index is 973. The molecule has 1 N–H and O–H groups in total. The van der Waals surface area contributed by atoms with Gasteiger partial charge in [-0.05, 0) is 36.2 Å². The van der Waals surface area contributed by atoms with Crippen molar-refractivity contribution in [3.63, 3.8) is 0 Å². The maximum atomic E-state index is 13.3. The van der Waals surface area contributed by atoms with Crippen LogP contribution in [0.15, 0.2) is 60.1 Å². The van der Waals surface area contributed by atoms with Gasteiger partial charge in [0.25, 0.3) is 0 Å². The van der Waals surface area contributed by atoms with Gasteiger partial charge in [-0.1, -0.05) is 43.0 Å². The molecule has 0 saturated carbocycles. The summed E-state index contributed by atoms with van der Waals surface area (Å²) in [7, 11) is 0. The number of carbonyl (C=O) groups is 1. The molecule has 0 aliphatic heterocycles. The molecular formula is C21H20FN3OS. The Balaban J connectivity index is 2.03. The highest BCUT2D eigenvalue weighted by atomic mass is 32.2. The van der Waals surface area contributed by atoms with Crippen LogP contribution in [0.3, 0.4) is 0 Å². The molecule has 1 amide bonds. The van der Waals surface area contributed by atoms with Crippen LogP contribution in [0.5, 0.6) is 0 Å². The summed E-state index contributed by atoms with van der Waals surface area (Å²) in [5.41, 5.74) is 2.71. The molecule has 3 rings (SSSR count). The summed E-state index contributed by atoms with van der Waals surface area (Å²) in [6, 6.07) is 12.1. The Kier molecular flexibility index (Phi) is 6.19. The zero-order valence-electron chi connectivity index (χ0n) is 15.0. The lowest BCUT2D eigenvalue weighted by molar-refractivity contribution is -0.118. The van der Waals surface area contributed by atoms with Crippen molar-refractivity contribution in [1.29, 1.82) is 0 Å². The number of rotatable bonds is 7. The van der Waals surface area contributed by atoms with Crippen LogP contribution >= 0.6 is 11.8 Å². The van der Waals surface area contributed by atoms with E-state index in [-0.39, 0.29) is 17.5 Å². The minimum atomic E-state index is -0.303. The molecule has 1 heterocycles. The van der Waals surface area contributed by atoms with Crippen molar-refractivity contribution in [2.45, 2.75) is 18.4 Å². The average molecular weight is 381 g/mol. The normalized spacial score (nSPS) is 10.7. The Labute approximate surface area is 161 Å². The monoisotopic (exact) mass is 381 g/mol. The predicted molar refractivity (Wildman–Crippen MR) is 108 cm³/mol. The molecule has 138 valence electrons. The first-order chi connectivity index (χ1) is 13.1. The van der Waals surface area contributed by atoms with E-state index in [0.717, 1.165) is 33.5 Å². The largest absolute Gasteiger partial charge is 0.352 e. The van der Waals surface area contributed by atoms with Gasteiger partial charge < -0.3 is 5.32 Å². The second kappa shape index (κ2) is 8.77. The van der Waals surface area contributed by atoms with Crippen molar-refractivity contribution in [3.05, 3.63) is 66.5 Å². The Morgan fingerprint density at radius 3 is 2.70 bits per heavy atom. The maximum absolute atomic E-state index is 13.3. The molecule has 3 aromatic rings. The molecule has 0 atom stereocenters. The summed E-state index contributed by atoms with van der Waals surface area (Å²) in [6.45, 7) is 6.10. The smallest absolute Gasteiger partial charge is 0.230 e. The molecular weight excluding hydrogens is 361 g/mol. The number of nitrogens with zero attached hydrogens (tertiary/aromatic N) is 2. The van der Waals surface area contributed by atoms with Crippen molar-refractivity contribution in [2.75, 3.05) is 12.3 Å². The zero-order valence-corrected chi connectivity index (χ0v) is 15.9. The van der Waals surface area contributed by atoms with Gasteiger partial charge in [0.2, 0.25) is 5.91 Å². The third-order valence-electron chi connectivity index (χ3n) is 4.04. The van der Waals surface area contributed by atoms with Crippen molar-refractivity contribution < 1.29 is 9.18 Å². The molecule has 27 heavy (non-hydrogen) atoms. The first kappa shape index (κ1) is 19.0. The molecule has 0 radical (unpaired) electrons. The van der Waals surface area contributed by atoms with Crippen molar-refractivity contribution in [2.24, 2.45) is 0 Å². The predicted octanol–water partition coefficient (Wildman–Crippen LogP) is 4.39. The Morgan fingerprint density at radius 1 is 1.22 bits per heavy atom. The first-order valence-electron chi connectivity index (χ1n) is 8.68. The van der Waals surface area contributed by atoms with Crippen LogP contribution in [0, 0.1) is 5.82 Å². The number of halogens is 1. The van der Waals surface area contributed by atoms with Gasteiger partial charge in [0.15, 0.2) is 5.82 Å². The number of nitrogens with one attached hydrogen (secondary N) is 1. The Hall–Kier alpha value is -2.73. The van der Waals surface area contributed by atoms with E-state index in [9.17, 15) is 9.18 Å². The molecule has 6 heteroatoms. The minimum absolute atomic E-state index is 0.0818. The van der Waals surface area contributed by atoms with Gasteiger partial charge in [-0.25, -0.2) is 14.4 Å². The fraction of sp³-hybridized carbons (Fsp3) is 0.190. The minimum Gasteiger partial charge on any atom is -0.352 e. The van der Waals surface area contributed by atoms with Gasteiger partial charge in [0, 0.05) is 17.5 Å². The standard InChI is InChI=1S/C21H20FN3OS/c1-3-12-23-18(26)13-27-21-17-7-5-6-14(4-2)19(17)24-20(25-21)15-8-10-16(22)11-9-15/h3,5-11H,1,4,12-13H2,2H3,(H,23,26). The van der Waals surface area contributed by atoms with E-state index in [0.29, 0.717) is 12.4 Å². The van der Waals surface area contributed by atoms with Crippen LogP contribution in [0.25, 0.3) is 22.3 Å². The summed E-state index contributed by atoms with van der Waals surface area (Å²) in [5.74, 6) is 0.389. The molecule has 0 aliphatic rings. The van der Waals surface area contributed by atoms with Crippen LogP contribution in [0.2, 0.25) is 0 Å². The zero-order chi connectivity index (χ0) is 19.2. The number of carbonyl (C=O) groups excluding carboxylic acids is 1. The summed E-state index contributed by atoms with van der Waals surface area (Å²) < 4.78 is 13.3. The number of hydrogen-bond acceptors (Lipinski definition) is 4. The molecule has 0 saturated heterocycles. The number of aromatic nitrogens is 2. The number of aryl methyl sites for hydroxylation is 1. The van der Waals surface area contributed by atoms with Crippen LogP contribution in [-0.2, 0) is 11.2 Å². The van der Waals surface area contributed by atoms with Gasteiger partial charge >= 0.3 is 0 Å². The van der Waals surface area contributed by atoms with Gasteiger partial charge in [0.05, 0.1) is 11.3 Å². The first-order valence-corrected chi connectivity index (χ1v) is 9.67. The summed E-state index contributed by atoms with van der Waals surface area (Å²) in [4.78, 5) is 21.3. The van der Waals surface area contributed by atoms with Crippen LogP contribution in [0.1, 0.15) is 12.5 Å². The fourth-order valence-corrected chi connectivity index (χ4v) is 3.52. The lowest BCUT2D eigenvalue weighted by Crippen LogP contribution is -2.24. The van der Waals surface area contributed by atoms with Gasteiger partial charge in [-0.2, -0.15) is 0 Å². The van der Waals surface area contributed by atoms with Crippen LogP contribution in [-0.4, -0.2) is 28.2 Å². The van der Waals surface area contributed by atoms with E-state index in [1.54, 1.807) is 18.2 Å². The van der Waals surface area contributed by atoms with E-state index in [1.807, 2.05) is 18.2 Å². The maximum Gasteiger partial charge on any atom is 0.230 e. The highest BCUT2D eigenvalue weighted by Crippen LogP contribution is 2.30. The summed E-state index contributed by atoms with van der Waals surface area (Å²) in [5, 5.41) is 4.42. The SMILES string of the molecule is C=CCNC(=O)CSc1nc(-c2ccc(F)cc2)nc2c(CC)cccc12. The van der Waals surface area contributed by atoms with Gasteiger partial charge in [-0.3, -0.25) is 4.79 Å². The van der Waals surface area contributed by atoms with Crippen molar-refractivity contribution in [1.82, 2.24) is 15.3 Å². The highest BCUT2D eigenvalue weighted by molar-refractivity contribution is 8.00. The third kappa shape index (κ3) is 4.52. The van der Waals surface area contributed by atoms with Gasteiger partial charge in [-0.15, -0.1) is 6.58 Å².